The molecule has 0 aromatic carbocycles. The van der Waals surface area contributed by atoms with Crippen LogP contribution in [0.4, 0.5) is 0 Å². The predicted molar refractivity (Wildman–Crippen MR) is 289 cm³/mol. The van der Waals surface area contributed by atoms with Gasteiger partial charge < -0.3 is 14.2 Å². The minimum atomic E-state index is -0.764. The summed E-state index contributed by atoms with van der Waals surface area (Å²) < 4.78 is 16.9. The molecule has 398 valence electrons. The van der Waals surface area contributed by atoms with Crippen LogP contribution in [0.15, 0.2) is 0 Å². The van der Waals surface area contributed by atoms with Crippen LogP contribution in [0.3, 0.4) is 0 Å². The van der Waals surface area contributed by atoms with Crippen LogP contribution in [0, 0.1) is 17.8 Å². The molecule has 0 N–H and O–H groups in total. The van der Waals surface area contributed by atoms with Crippen LogP contribution in [0.2, 0.25) is 0 Å². The molecule has 2 atom stereocenters. The van der Waals surface area contributed by atoms with Crippen LogP contribution in [0.5, 0.6) is 0 Å². The normalized spacial score (nSPS) is 12.5. The predicted octanol–water partition coefficient (Wildman–Crippen LogP) is 19.9. The van der Waals surface area contributed by atoms with Gasteiger partial charge in [0.05, 0.1) is 0 Å². The topological polar surface area (TPSA) is 78.9 Å². The van der Waals surface area contributed by atoms with Gasteiger partial charge in [0.2, 0.25) is 0 Å². The number of hydrogen-bond acceptors (Lipinski definition) is 6. The summed E-state index contributed by atoms with van der Waals surface area (Å²) in [7, 11) is 0. The average molecular weight is 948 g/mol. The van der Waals surface area contributed by atoms with Crippen LogP contribution in [-0.4, -0.2) is 37.2 Å². The first-order valence-electron chi connectivity index (χ1n) is 30.1. The van der Waals surface area contributed by atoms with Gasteiger partial charge in [-0.3, -0.25) is 14.4 Å². The van der Waals surface area contributed by atoms with Gasteiger partial charge in [0.15, 0.2) is 6.10 Å². The van der Waals surface area contributed by atoms with Crippen LogP contribution in [-0.2, 0) is 28.6 Å². The molecule has 0 amide bonds. The molecule has 0 saturated carbocycles. The summed E-state index contributed by atoms with van der Waals surface area (Å²) in [5.74, 6) is 1.73. The Morgan fingerprint density at radius 1 is 0.299 bits per heavy atom. The van der Waals surface area contributed by atoms with Gasteiger partial charge in [-0.05, 0) is 37.0 Å². The maximum Gasteiger partial charge on any atom is 0.306 e. The van der Waals surface area contributed by atoms with Crippen LogP contribution >= 0.6 is 0 Å². The second kappa shape index (κ2) is 52.2. The lowest BCUT2D eigenvalue weighted by Crippen LogP contribution is -2.30. The minimum Gasteiger partial charge on any atom is -0.462 e. The zero-order chi connectivity index (χ0) is 49.1. The number of carbonyl (C=O) groups excluding carboxylic acids is 3. The number of carbonyl (C=O) groups is 3. The fraction of sp³-hybridized carbons (Fsp3) is 0.951. The Labute approximate surface area is 418 Å². The summed E-state index contributed by atoms with van der Waals surface area (Å²) in [6.07, 6.45) is 55.1. The smallest absolute Gasteiger partial charge is 0.306 e. The van der Waals surface area contributed by atoms with E-state index < -0.39 is 6.10 Å². The SMILES string of the molecule is CCC(C)CCCCCCCCCCCCCCCCC(=O)OC[C@H](COC(=O)CCCCCCCCCCCCCCC(C)C)OC(=O)CCCCCCCCCCCCCCCC(C)C. The van der Waals surface area contributed by atoms with E-state index in [1.807, 2.05) is 0 Å². The van der Waals surface area contributed by atoms with E-state index in [1.54, 1.807) is 0 Å². The highest BCUT2D eigenvalue weighted by Gasteiger charge is 2.19. The van der Waals surface area contributed by atoms with E-state index in [2.05, 4.69) is 41.5 Å². The molecule has 0 aliphatic rings. The minimum absolute atomic E-state index is 0.0631. The van der Waals surface area contributed by atoms with Crippen molar-refractivity contribution in [3.63, 3.8) is 0 Å². The van der Waals surface area contributed by atoms with Gasteiger partial charge in [-0.15, -0.1) is 0 Å². The lowest BCUT2D eigenvalue weighted by molar-refractivity contribution is -0.167. The van der Waals surface area contributed by atoms with E-state index in [9.17, 15) is 14.4 Å². The Bertz CT molecular complexity index is 1040. The third-order valence-corrected chi connectivity index (χ3v) is 14.3. The quantitative estimate of drug-likeness (QED) is 0.0343. The van der Waals surface area contributed by atoms with E-state index >= 15 is 0 Å². The molecule has 67 heavy (non-hydrogen) atoms. The van der Waals surface area contributed by atoms with Gasteiger partial charge in [-0.25, -0.2) is 0 Å². The van der Waals surface area contributed by atoms with Crippen molar-refractivity contribution >= 4 is 17.9 Å². The van der Waals surface area contributed by atoms with Crippen molar-refractivity contribution in [1.82, 2.24) is 0 Å². The molecule has 0 aliphatic heterocycles. The summed E-state index contributed by atoms with van der Waals surface area (Å²) in [6, 6.07) is 0. The molecule has 0 rings (SSSR count). The van der Waals surface area contributed by atoms with Gasteiger partial charge in [-0.2, -0.15) is 0 Å². The Kier molecular flexibility index (Phi) is 51.0. The third-order valence-electron chi connectivity index (χ3n) is 14.3. The average Bonchev–Trinajstić information content (AvgIpc) is 3.30. The van der Waals surface area contributed by atoms with Crippen molar-refractivity contribution in [3.8, 4) is 0 Å². The summed E-state index contributed by atoms with van der Waals surface area (Å²) >= 11 is 0. The number of hydrogen-bond donors (Lipinski definition) is 0. The number of rotatable bonds is 54. The maximum absolute atomic E-state index is 12.9. The molecule has 0 saturated heterocycles. The molecule has 0 bridgehead atoms. The molecule has 0 heterocycles. The number of unbranched alkanes of at least 4 members (excludes halogenated alkanes) is 36. The molecule has 0 aromatic rings. The monoisotopic (exact) mass is 947 g/mol. The molecule has 0 aliphatic carbocycles. The van der Waals surface area contributed by atoms with Gasteiger partial charge in [0, 0.05) is 19.3 Å². The van der Waals surface area contributed by atoms with Crippen molar-refractivity contribution in [2.75, 3.05) is 13.2 Å². The molecule has 0 aromatic heterocycles. The van der Waals surface area contributed by atoms with E-state index in [-0.39, 0.29) is 31.1 Å². The highest BCUT2D eigenvalue weighted by atomic mass is 16.6. The molecule has 6 nitrogen and oxygen atoms in total. The summed E-state index contributed by atoms with van der Waals surface area (Å²) in [5, 5.41) is 0. The van der Waals surface area contributed by atoms with Crippen LogP contribution < -0.4 is 0 Å². The molecule has 0 spiro atoms. The second-order valence-electron chi connectivity index (χ2n) is 22.2. The molecular weight excluding hydrogens is 829 g/mol. The standard InChI is InChI=1S/C61H118O6/c1-7-57(6)49-43-37-31-25-19-12-8-9-13-20-26-32-38-44-50-59(62)65-53-58(54-66-60(63)51-45-39-33-27-21-16-15-18-24-30-36-42-48-56(4)5)67-61(64)52-46-40-34-28-22-14-10-11-17-23-29-35-41-47-55(2)3/h55-58H,7-54H2,1-6H3/t57?,58-/m1/s1. The highest BCUT2D eigenvalue weighted by molar-refractivity contribution is 5.71. The van der Waals surface area contributed by atoms with E-state index in [0.717, 1.165) is 75.5 Å². The van der Waals surface area contributed by atoms with Crippen molar-refractivity contribution in [2.24, 2.45) is 17.8 Å². The fourth-order valence-corrected chi connectivity index (χ4v) is 9.32. The van der Waals surface area contributed by atoms with Gasteiger partial charge in [0.1, 0.15) is 13.2 Å². The Hall–Kier alpha value is -1.59. The Morgan fingerprint density at radius 3 is 0.776 bits per heavy atom. The van der Waals surface area contributed by atoms with Crippen molar-refractivity contribution < 1.29 is 28.6 Å². The van der Waals surface area contributed by atoms with Crippen molar-refractivity contribution in [2.45, 2.75) is 343 Å². The van der Waals surface area contributed by atoms with Gasteiger partial charge >= 0.3 is 17.9 Å². The second-order valence-corrected chi connectivity index (χ2v) is 22.2. The number of ether oxygens (including phenoxy) is 3. The van der Waals surface area contributed by atoms with Crippen molar-refractivity contribution in [3.05, 3.63) is 0 Å². The molecular formula is C61H118O6. The first-order chi connectivity index (χ1) is 32.6. The zero-order valence-electron chi connectivity index (χ0n) is 46.2. The molecule has 0 fully saturated rings. The Balaban J connectivity index is 4.30. The first kappa shape index (κ1) is 65.4. The fourth-order valence-electron chi connectivity index (χ4n) is 9.32. The van der Waals surface area contributed by atoms with E-state index in [4.69, 9.17) is 14.2 Å². The largest absolute Gasteiger partial charge is 0.462 e. The van der Waals surface area contributed by atoms with Crippen LogP contribution in [0.25, 0.3) is 0 Å². The van der Waals surface area contributed by atoms with E-state index in [0.29, 0.717) is 19.3 Å². The molecule has 6 heteroatoms. The summed E-state index contributed by atoms with van der Waals surface area (Å²) in [5.41, 5.74) is 0. The van der Waals surface area contributed by atoms with Gasteiger partial charge in [0.25, 0.3) is 0 Å². The highest BCUT2D eigenvalue weighted by Crippen LogP contribution is 2.19. The summed E-state index contributed by atoms with van der Waals surface area (Å²) in [6.45, 7) is 13.8. The summed E-state index contributed by atoms with van der Waals surface area (Å²) in [4.78, 5) is 38.2. The lowest BCUT2D eigenvalue weighted by atomic mass is 9.99. The zero-order valence-corrected chi connectivity index (χ0v) is 46.2. The third kappa shape index (κ3) is 53.6. The van der Waals surface area contributed by atoms with E-state index in [1.165, 1.54) is 218 Å². The van der Waals surface area contributed by atoms with Gasteiger partial charge in [-0.1, -0.05) is 298 Å². The van der Waals surface area contributed by atoms with Crippen molar-refractivity contribution in [1.29, 1.82) is 0 Å². The molecule has 0 radical (unpaired) electrons. The lowest BCUT2D eigenvalue weighted by Gasteiger charge is -2.18. The van der Waals surface area contributed by atoms with Crippen LogP contribution in [0.1, 0.15) is 337 Å². The first-order valence-corrected chi connectivity index (χ1v) is 30.1. The maximum atomic E-state index is 12.9. The number of esters is 3. The Morgan fingerprint density at radius 2 is 0.522 bits per heavy atom. The molecule has 1 unspecified atom stereocenters.